The number of thioether (sulfide) groups is 1. The maximum Gasteiger partial charge on any atom is 0.232 e. The molecule has 0 saturated carbocycles. The van der Waals surface area contributed by atoms with Gasteiger partial charge in [-0.25, -0.2) is 0 Å². The van der Waals surface area contributed by atoms with Crippen molar-refractivity contribution in [1.82, 2.24) is 14.8 Å². The van der Waals surface area contributed by atoms with Crippen molar-refractivity contribution < 1.29 is 9.59 Å². The van der Waals surface area contributed by atoms with Crippen molar-refractivity contribution in [3.63, 3.8) is 0 Å². The monoisotopic (exact) mass is 361 g/mol. The van der Waals surface area contributed by atoms with Crippen LogP contribution in [0.2, 0.25) is 0 Å². The summed E-state index contributed by atoms with van der Waals surface area (Å²) in [6.07, 6.45) is 6.01. The number of Topliss-reactive ketones (excluding diaryl/α,β-unsaturated/α-hetero) is 1. The molecule has 0 aromatic carbocycles. The molecule has 0 N–H and O–H groups in total. The second kappa shape index (κ2) is 9.34. The van der Waals surface area contributed by atoms with Gasteiger partial charge in [-0.05, 0) is 50.9 Å². The minimum atomic E-state index is -0.109. The minimum Gasteiger partial charge on any atom is -0.341 e. The van der Waals surface area contributed by atoms with E-state index in [2.05, 4.69) is 9.88 Å². The van der Waals surface area contributed by atoms with Gasteiger partial charge in [-0.3, -0.25) is 14.6 Å². The Labute approximate surface area is 154 Å². The summed E-state index contributed by atoms with van der Waals surface area (Å²) in [5.74, 6) is 1.67. The average molecular weight is 362 g/mol. The highest BCUT2D eigenvalue weighted by Crippen LogP contribution is 2.21. The number of carbonyl (C=O) groups is 2. The zero-order chi connectivity index (χ0) is 17.5. The molecule has 136 valence electrons. The average Bonchev–Trinajstić information content (AvgIpc) is 3.19. The molecule has 0 aliphatic carbocycles. The van der Waals surface area contributed by atoms with Gasteiger partial charge >= 0.3 is 0 Å². The summed E-state index contributed by atoms with van der Waals surface area (Å²) in [7, 11) is 0. The molecular weight excluding hydrogens is 334 g/mol. The Morgan fingerprint density at radius 3 is 2.76 bits per heavy atom. The summed E-state index contributed by atoms with van der Waals surface area (Å²) < 4.78 is 0. The smallest absolute Gasteiger partial charge is 0.232 e. The van der Waals surface area contributed by atoms with Gasteiger partial charge in [-0.1, -0.05) is 6.07 Å². The van der Waals surface area contributed by atoms with E-state index in [1.807, 2.05) is 17.0 Å². The number of hydrogen-bond acceptors (Lipinski definition) is 5. The molecule has 0 spiro atoms. The van der Waals surface area contributed by atoms with Gasteiger partial charge in [-0.15, -0.1) is 0 Å². The Hall–Kier alpha value is -1.40. The summed E-state index contributed by atoms with van der Waals surface area (Å²) in [5, 5.41) is 0. The van der Waals surface area contributed by atoms with Crippen LogP contribution in [0.4, 0.5) is 0 Å². The number of carbonyl (C=O) groups excluding carboxylic acids is 2. The van der Waals surface area contributed by atoms with Gasteiger partial charge in [-0.2, -0.15) is 11.8 Å². The van der Waals surface area contributed by atoms with Gasteiger partial charge in [0.15, 0.2) is 5.78 Å². The molecule has 0 bridgehead atoms. The van der Waals surface area contributed by atoms with Crippen LogP contribution in [0.5, 0.6) is 0 Å². The molecule has 3 rings (SSSR count). The fourth-order valence-corrected chi connectivity index (χ4v) is 4.47. The second-order valence-electron chi connectivity index (χ2n) is 6.86. The summed E-state index contributed by atoms with van der Waals surface area (Å²) in [4.78, 5) is 33.5. The number of nitrogens with zero attached hydrogens (tertiary/aromatic N) is 3. The molecule has 6 heteroatoms. The number of pyridine rings is 1. The summed E-state index contributed by atoms with van der Waals surface area (Å²) >= 11 is 1.72. The topological polar surface area (TPSA) is 53.5 Å². The third kappa shape index (κ3) is 5.28. The normalized spacial score (nSPS) is 21.4. The third-order valence-electron chi connectivity index (χ3n) is 5.04. The van der Waals surface area contributed by atoms with E-state index in [1.54, 1.807) is 24.0 Å². The summed E-state index contributed by atoms with van der Waals surface area (Å²) in [5.41, 5.74) is 0.516. The summed E-state index contributed by atoms with van der Waals surface area (Å²) in [6.45, 7) is 4.81. The van der Waals surface area contributed by atoms with Crippen LogP contribution in [-0.2, 0) is 4.79 Å². The molecule has 0 radical (unpaired) electrons. The zero-order valence-electron chi connectivity index (χ0n) is 14.7. The van der Waals surface area contributed by atoms with E-state index in [0.717, 1.165) is 31.7 Å². The van der Waals surface area contributed by atoms with Crippen LogP contribution in [-0.4, -0.2) is 70.7 Å². The highest BCUT2D eigenvalue weighted by molar-refractivity contribution is 7.99. The number of piperidine rings is 1. The van der Waals surface area contributed by atoms with Crippen LogP contribution < -0.4 is 0 Å². The molecule has 3 heterocycles. The molecule has 1 amide bonds. The van der Waals surface area contributed by atoms with Crippen LogP contribution >= 0.6 is 11.8 Å². The number of rotatable bonds is 7. The lowest BCUT2D eigenvalue weighted by atomic mass is 9.92. The number of ketones is 1. The van der Waals surface area contributed by atoms with Gasteiger partial charge in [0.05, 0.1) is 5.75 Å². The van der Waals surface area contributed by atoms with E-state index >= 15 is 0 Å². The molecule has 25 heavy (non-hydrogen) atoms. The molecule has 1 aromatic rings. The van der Waals surface area contributed by atoms with Crippen LogP contribution in [0.25, 0.3) is 0 Å². The van der Waals surface area contributed by atoms with Gasteiger partial charge < -0.3 is 9.80 Å². The van der Waals surface area contributed by atoms with Crippen molar-refractivity contribution in [1.29, 1.82) is 0 Å². The Bertz CT molecular complexity index is 575. The molecule has 0 unspecified atom stereocenters. The van der Waals surface area contributed by atoms with Crippen molar-refractivity contribution >= 4 is 23.5 Å². The first-order chi connectivity index (χ1) is 12.2. The van der Waals surface area contributed by atoms with Crippen LogP contribution in [0.15, 0.2) is 24.4 Å². The summed E-state index contributed by atoms with van der Waals surface area (Å²) in [6, 6.07) is 5.41. The maximum absolute atomic E-state index is 12.6. The van der Waals surface area contributed by atoms with Crippen molar-refractivity contribution in [2.24, 2.45) is 5.92 Å². The number of likely N-dealkylation sites (tertiary alicyclic amines) is 2. The first-order valence-corrected chi connectivity index (χ1v) is 10.4. The fraction of sp³-hybridized carbons (Fsp3) is 0.632. The third-order valence-corrected chi connectivity index (χ3v) is 5.96. The molecule has 2 aliphatic heterocycles. The zero-order valence-corrected chi connectivity index (χ0v) is 15.5. The minimum absolute atomic E-state index is 0.0692. The van der Waals surface area contributed by atoms with E-state index in [9.17, 15) is 9.59 Å². The predicted octanol–water partition coefficient (Wildman–Crippen LogP) is 2.33. The lowest BCUT2D eigenvalue weighted by Gasteiger charge is -2.32. The van der Waals surface area contributed by atoms with E-state index < -0.39 is 0 Å². The SMILES string of the molecule is O=C(c1ccccn1)[C@H]1CCCN(C(=O)CSCCN2CCCC2)C1. The highest BCUT2D eigenvalue weighted by Gasteiger charge is 2.29. The van der Waals surface area contributed by atoms with Crippen molar-refractivity contribution in [2.45, 2.75) is 25.7 Å². The predicted molar refractivity (Wildman–Crippen MR) is 101 cm³/mol. The van der Waals surface area contributed by atoms with Gasteiger partial charge in [0.1, 0.15) is 5.69 Å². The Morgan fingerprint density at radius 1 is 1.16 bits per heavy atom. The Kier molecular flexibility index (Phi) is 6.87. The largest absolute Gasteiger partial charge is 0.341 e. The molecular formula is C19H27N3O2S. The Morgan fingerprint density at radius 2 is 2.00 bits per heavy atom. The number of hydrogen-bond donors (Lipinski definition) is 0. The van der Waals surface area contributed by atoms with E-state index in [4.69, 9.17) is 0 Å². The van der Waals surface area contributed by atoms with Gasteiger partial charge in [0.2, 0.25) is 5.91 Å². The lowest BCUT2D eigenvalue weighted by molar-refractivity contribution is -0.129. The van der Waals surface area contributed by atoms with Gasteiger partial charge in [0, 0.05) is 37.5 Å². The van der Waals surface area contributed by atoms with Gasteiger partial charge in [0.25, 0.3) is 0 Å². The number of aromatic nitrogens is 1. The Balaban J connectivity index is 1.42. The van der Waals surface area contributed by atoms with Crippen molar-refractivity contribution in [3.05, 3.63) is 30.1 Å². The fourth-order valence-electron chi connectivity index (χ4n) is 3.59. The standard InChI is InChI=1S/C19H27N3O2S/c23-18(15-25-13-12-21-9-3-4-10-21)22-11-5-6-16(14-22)19(24)17-7-1-2-8-20-17/h1-2,7-8,16H,3-6,9-15H2/t16-/m0/s1. The first-order valence-electron chi connectivity index (χ1n) is 9.27. The van der Waals surface area contributed by atoms with E-state index in [1.165, 1.54) is 25.9 Å². The molecule has 2 fully saturated rings. The molecule has 1 atom stereocenters. The maximum atomic E-state index is 12.6. The first kappa shape index (κ1) is 18.4. The van der Waals surface area contributed by atoms with Crippen LogP contribution in [0, 0.1) is 5.92 Å². The lowest BCUT2D eigenvalue weighted by Crippen LogP contribution is -2.43. The van der Waals surface area contributed by atoms with E-state index in [0.29, 0.717) is 18.0 Å². The van der Waals surface area contributed by atoms with Crippen LogP contribution in [0.1, 0.15) is 36.2 Å². The highest BCUT2D eigenvalue weighted by atomic mass is 32.2. The number of amides is 1. The molecule has 2 aliphatic rings. The molecule has 2 saturated heterocycles. The second-order valence-corrected chi connectivity index (χ2v) is 7.96. The molecule has 1 aromatic heterocycles. The van der Waals surface area contributed by atoms with Crippen molar-refractivity contribution in [3.8, 4) is 0 Å². The molecule has 5 nitrogen and oxygen atoms in total. The quantitative estimate of drug-likeness (QED) is 0.551. The van der Waals surface area contributed by atoms with E-state index in [-0.39, 0.29) is 17.6 Å². The van der Waals surface area contributed by atoms with Crippen LogP contribution in [0.3, 0.4) is 0 Å². The van der Waals surface area contributed by atoms with Crippen molar-refractivity contribution in [2.75, 3.05) is 44.2 Å².